The number of carbonyl (C=O) groups is 1. The van der Waals surface area contributed by atoms with Gasteiger partial charge in [-0.1, -0.05) is 18.2 Å². The van der Waals surface area contributed by atoms with Gasteiger partial charge in [0.05, 0.1) is 24.9 Å². The highest BCUT2D eigenvalue weighted by Crippen LogP contribution is 2.23. The van der Waals surface area contributed by atoms with Crippen LogP contribution >= 0.6 is 0 Å². The number of anilines is 1. The lowest BCUT2D eigenvalue weighted by atomic mass is 10.2. The Hall–Kier alpha value is -2.82. The minimum atomic E-state index is -0.120. The van der Waals surface area contributed by atoms with E-state index >= 15 is 0 Å². The number of nitrogens with one attached hydrogen (secondary N) is 1. The summed E-state index contributed by atoms with van der Waals surface area (Å²) in [5.41, 5.74) is 3.36. The largest absolute Gasteiger partial charge is 0.495 e. The summed E-state index contributed by atoms with van der Waals surface area (Å²) in [7, 11) is 1.58. The Morgan fingerprint density at radius 3 is 2.86 bits per heavy atom. The molecule has 0 spiro atoms. The van der Waals surface area contributed by atoms with Crippen molar-refractivity contribution in [3.05, 3.63) is 60.0 Å². The number of amides is 1. The minimum absolute atomic E-state index is 0.120. The van der Waals surface area contributed by atoms with E-state index in [1.165, 1.54) is 0 Å². The number of aryl methyl sites for hydroxylation is 1. The molecule has 3 aromatic rings. The summed E-state index contributed by atoms with van der Waals surface area (Å²) in [6.07, 6.45) is 4.03. The molecule has 0 radical (unpaired) electrons. The van der Waals surface area contributed by atoms with Crippen molar-refractivity contribution in [3.63, 3.8) is 0 Å². The van der Waals surface area contributed by atoms with Crippen molar-refractivity contribution in [1.29, 1.82) is 0 Å². The number of ether oxygens (including phenoxy) is 1. The topological polar surface area (TPSA) is 55.6 Å². The maximum absolute atomic E-state index is 12.2. The Morgan fingerprint density at radius 2 is 2.09 bits per heavy atom. The van der Waals surface area contributed by atoms with Gasteiger partial charge >= 0.3 is 0 Å². The van der Waals surface area contributed by atoms with Crippen molar-refractivity contribution in [1.82, 2.24) is 9.38 Å². The molecule has 0 aliphatic rings. The zero-order valence-corrected chi connectivity index (χ0v) is 12.5. The lowest BCUT2D eigenvalue weighted by Crippen LogP contribution is -2.15. The average Bonchev–Trinajstić information content (AvgIpc) is 2.91. The van der Waals surface area contributed by atoms with Crippen molar-refractivity contribution in [2.75, 3.05) is 12.4 Å². The second-order valence-corrected chi connectivity index (χ2v) is 5.08. The number of benzene rings is 1. The SMILES string of the molecule is COc1ccccc1NC(=O)Cc1cn2cccc(C)c2n1. The van der Waals surface area contributed by atoms with Crippen LogP contribution in [0.1, 0.15) is 11.3 Å². The van der Waals surface area contributed by atoms with Gasteiger partial charge in [0.1, 0.15) is 11.4 Å². The normalized spacial score (nSPS) is 10.6. The number of methoxy groups -OCH3 is 1. The van der Waals surface area contributed by atoms with E-state index in [-0.39, 0.29) is 12.3 Å². The molecule has 0 bridgehead atoms. The molecule has 0 atom stereocenters. The van der Waals surface area contributed by atoms with Gasteiger partial charge in [0, 0.05) is 12.4 Å². The number of nitrogens with zero attached hydrogens (tertiary/aromatic N) is 2. The minimum Gasteiger partial charge on any atom is -0.495 e. The van der Waals surface area contributed by atoms with Gasteiger partial charge in [-0.2, -0.15) is 0 Å². The molecular weight excluding hydrogens is 278 g/mol. The van der Waals surface area contributed by atoms with Gasteiger partial charge in [-0.3, -0.25) is 4.79 Å². The van der Waals surface area contributed by atoms with Crippen molar-refractivity contribution < 1.29 is 9.53 Å². The van der Waals surface area contributed by atoms with Crippen molar-refractivity contribution in [2.45, 2.75) is 13.3 Å². The number of aromatic nitrogens is 2. The molecule has 5 heteroatoms. The highest BCUT2D eigenvalue weighted by molar-refractivity contribution is 5.93. The molecular formula is C17H17N3O2. The maximum atomic E-state index is 12.2. The van der Waals surface area contributed by atoms with Crippen LogP contribution in [-0.2, 0) is 11.2 Å². The Bertz CT molecular complexity index is 824. The molecule has 2 aromatic heterocycles. The first-order valence-corrected chi connectivity index (χ1v) is 7.03. The fourth-order valence-electron chi connectivity index (χ4n) is 2.40. The van der Waals surface area contributed by atoms with Crippen LogP contribution < -0.4 is 10.1 Å². The van der Waals surface area contributed by atoms with Gasteiger partial charge in [-0.25, -0.2) is 4.98 Å². The number of carbonyl (C=O) groups excluding carboxylic acids is 1. The Labute approximate surface area is 128 Å². The quantitative estimate of drug-likeness (QED) is 0.805. The first-order chi connectivity index (χ1) is 10.7. The molecule has 1 amide bonds. The Kier molecular flexibility index (Phi) is 3.78. The van der Waals surface area contributed by atoms with Gasteiger partial charge in [0.2, 0.25) is 5.91 Å². The first kappa shape index (κ1) is 14.1. The van der Waals surface area contributed by atoms with E-state index in [2.05, 4.69) is 10.3 Å². The third-order valence-corrected chi connectivity index (χ3v) is 3.45. The van der Waals surface area contributed by atoms with Gasteiger partial charge in [0.15, 0.2) is 0 Å². The molecule has 3 rings (SSSR count). The van der Waals surface area contributed by atoms with Crippen LogP contribution in [0, 0.1) is 6.92 Å². The summed E-state index contributed by atoms with van der Waals surface area (Å²) >= 11 is 0. The zero-order chi connectivity index (χ0) is 15.5. The number of fused-ring (bicyclic) bond motifs is 1. The van der Waals surface area contributed by atoms with Crippen molar-refractivity contribution in [2.24, 2.45) is 0 Å². The highest BCUT2D eigenvalue weighted by Gasteiger charge is 2.11. The molecule has 1 N–H and O–H groups in total. The monoisotopic (exact) mass is 295 g/mol. The number of imidazole rings is 1. The number of para-hydroxylation sites is 2. The van der Waals surface area contributed by atoms with E-state index in [1.807, 2.05) is 60.1 Å². The van der Waals surface area contributed by atoms with Crippen molar-refractivity contribution >= 4 is 17.2 Å². The van der Waals surface area contributed by atoms with E-state index in [4.69, 9.17) is 4.74 Å². The van der Waals surface area contributed by atoms with E-state index in [0.29, 0.717) is 11.4 Å². The van der Waals surface area contributed by atoms with Gasteiger partial charge < -0.3 is 14.5 Å². The fourth-order valence-corrected chi connectivity index (χ4v) is 2.40. The van der Waals surface area contributed by atoms with Crippen molar-refractivity contribution in [3.8, 4) is 5.75 Å². The lowest BCUT2D eigenvalue weighted by Gasteiger charge is -2.08. The number of hydrogen-bond acceptors (Lipinski definition) is 3. The molecule has 5 nitrogen and oxygen atoms in total. The zero-order valence-electron chi connectivity index (χ0n) is 12.5. The molecule has 0 aliphatic carbocycles. The van der Waals surface area contributed by atoms with Gasteiger partial charge in [0.25, 0.3) is 0 Å². The average molecular weight is 295 g/mol. The number of pyridine rings is 1. The molecule has 0 saturated carbocycles. The van der Waals surface area contributed by atoms with Crippen LogP contribution in [0.3, 0.4) is 0 Å². The molecule has 112 valence electrons. The highest BCUT2D eigenvalue weighted by atomic mass is 16.5. The predicted octanol–water partition coefficient (Wildman–Crippen LogP) is 2.83. The molecule has 22 heavy (non-hydrogen) atoms. The summed E-state index contributed by atoms with van der Waals surface area (Å²) in [5, 5.41) is 2.86. The van der Waals surface area contributed by atoms with E-state index in [0.717, 1.165) is 16.9 Å². The van der Waals surface area contributed by atoms with Crippen LogP contribution in [0.5, 0.6) is 5.75 Å². The summed E-state index contributed by atoms with van der Waals surface area (Å²) < 4.78 is 7.16. The van der Waals surface area contributed by atoms with Gasteiger partial charge in [-0.05, 0) is 30.7 Å². The molecule has 0 unspecified atom stereocenters. The van der Waals surface area contributed by atoms with E-state index in [1.54, 1.807) is 7.11 Å². The summed E-state index contributed by atoms with van der Waals surface area (Å²) in [6.45, 7) is 2.00. The van der Waals surface area contributed by atoms with Crippen LogP contribution in [-0.4, -0.2) is 22.4 Å². The van der Waals surface area contributed by atoms with E-state index < -0.39 is 0 Å². The fraction of sp³-hybridized carbons (Fsp3) is 0.176. The second-order valence-electron chi connectivity index (χ2n) is 5.08. The van der Waals surface area contributed by atoms with Gasteiger partial charge in [-0.15, -0.1) is 0 Å². The lowest BCUT2D eigenvalue weighted by molar-refractivity contribution is -0.115. The molecule has 2 heterocycles. The maximum Gasteiger partial charge on any atom is 0.230 e. The first-order valence-electron chi connectivity index (χ1n) is 7.03. The Morgan fingerprint density at radius 1 is 1.27 bits per heavy atom. The summed E-state index contributed by atoms with van der Waals surface area (Å²) in [5.74, 6) is 0.521. The molecule has 0 fully saturated rings. The predicted molar refractivity (Wildman–Crippen MR) is 85.3 cm³/mol. The van der Waals surface area contributed by atoms with Crippen LogP contribution in [0.2, 0.25) is 0 Å². The third-order valence-electron chi connectivity index (χ3n) is 3.45. The second kappa shape index (κ2) is 5.89. The van der Waals surface area contributed by atoms with Crippen LogP contribution in [0.15, 0.2) is 48.8 Å². The smallest absolute Gasteiger partial charge is 0.230 e. The number of hydrogen-bond donors (Lipinski definition) is 1. The van der Waals surface area contributed by atoms with E-state index in [9.17, 15) is 4.79 Å². The molecule has 0 saturated heterocycles. The molecule has 0 aliphatic heterocycles. The number of rotatable bonds is 4. The Balaban J connectivity index is 1.77. The standard InChI is InChI=1S/C17H17N3O2/c1-12-6-5-9-20-11-13(18-17(12)20)10-16(21)19-14-7-3-4-8-15(14)22-2/h3-9,11H,10H2,1-2H3,(H,19,21). The van der Waals surface area contributed by atoms with Crippen LogP contribution in [0.25, 0.3) is 5.65 Å². The molecule has 1 aromatic carbocycles. The van der Waals surface area contributed by atoms with Crippen LogP contribution in [0.4, 0.5) is 5.69 Å². The third kappa shape index (κ3) is 2.79. The summed E-state index contributed by atoms with van der Waals surface area (Å²) in [6, 6.07) is 11.3. The summed E-state index contributed by atoms with van der Waals surface area (Å²) in [4.78, 5) is 16.7.